The summed E-state index contributed by atoms with van der Waals surface area (Å²) in [4.78, 5) is 0. The quantitative estimate of drug-likeness (QED) is 0.487. The average Bonchev–Trinajstić information content (AvgIpc) is 1.88. The van der Waals surface area contributed by atoms with Gasteiger partial charge in [0.05, 0.1) is 12.2 Å². The SMILES string of the molecule is C#C.CC1CC(C)O[C@@H](C)C1. The second kappa shape index (κ2) is 5.21. The van der Waals surface area contributed by atoms with E-state index in [0.717, 1.165) is 5.92 Å². The fraction of sp³-hybridized carbons (Fsp3) is 0.800. The molecule has 1 heterocycles. The summed E-state index contributed by atoms with van der Waals surface area (Å²) >= 11 is 0. The molecule has 0 aromatic rings. The summed E-state index contributed by atoms with van der Waals surface area (Å²) < 4.78 is 5.56. The van der Waals surface area contributed by atoms with Crippen LogP contribution < -0.4 is 0 Å². The van der Waals surface area contributed by atoms with Crippen LogP contribution in [0.5, 0.6) is 0 Å². The highest BCUT2D eigenvalue weighted by Gasteiger charge is 2.20. The molecular formula is C10H18O. The van der Waals surface area contributed by atoms with Crippen LogP contribution in [0.25, 0.3) is 0 Å². The van der Waals surface area contributed by atoms with Crippen molar-refractivity contribution in [2.75, 3.05) is 0 Å². The Morgan fingerprint density at radius 2 is 1.36 bits per heavy atom. The summed E-state index contributed by atoms with van der Waals surface area (Å²) in [5.41, 5.74) is 0. The van der Waals surface area contributed by atoms with Crippen LogP contribution in [-0.2, 0) is 4.74 Å². The highest BCUT2D eigenvalue weighted by Crippen LogP contribution is 2.23. The minimum atomic E-state index is 0.490. The first-order chi connectivity index (χ1) is 5.18. The Kier molecular flexibility index (Phi) is 4.98. The van der Waals surface area contributed by atoms with Gasteiger partial charge in [-0.15, -0.1) is 12.8 Å². The van der Waals surface area contributed by atoms with Crippen LogP contribution >= 0.6 is 0 Å². The Labute approximate surface area is 70.1 Å². The van der Waals surface area contributed by atoms with E-state index < -0.39 is 0 Å². The van der Waals surface area contributed by atoms with Gasteiger partial charge in [-0.3, -0.25) is 0 Å². The van der Waals surface area contributed by atoms with Crippen LogP contribution in [0.1, 0.15) is 33.6 Å². The third-order valence-electron chi connectivity index (χ3n) is 1.93. The van der Waals surface area contributed by atoms with E-state index in [9.17, 15) is 0 Å². The number of terminal acetylenes is 1. The molecule has 0 aromatic heterocycles. The predicted molar refractivity (Wildman–Crippen MR) is 48.3 cm³/mol. The van der Waals surface area contributed by atoms with Gasteiger partial charge in [-0.05, 0) is 32.6 Å². The van der Waals surface area contributed by atoms with Gasteiger partial charge < -0.3 is 4.74 Å². The fourth-order valence-electron chi connectivity index (χ4n) is 1.74. The van der Waals surface area contributed by atoms with E-state index in [1.165, 1.54) is 12.8 Å². The Hall–Kier alpha value is -0.480. The molecule has 64 valence electrons. The predicted octanol–water partition coefficient (Wildman–Crippen LogP) is 2.46. The molecule has 11 heavy (non-hydrogen) atoms. The molecule has 1 fully saturated rings. The normalized spacial score (nSPS) is 37.0. The van der Waals surface area contributed by atoms with Crippen LogP contribution in [0, 0.1) is 18.8 Å². The van der Waals surface area contributed by atoms with Gasteiger partial charge in [0.15, 0.2) is 0 Å². The summed E-state index contributed by atoms with van der Waals surface area (Å²) in [6.07, 6.45) is 11.5. The second-order valence-corrected chi connectivity index (χ2v) is 3.33. The Balaban J connectivity index is 0.000000461. The molecule has 0 aromatic carbocycles. The van der Waals surface area contributed by atoms with Gasteiger partial charge in [0.2, 0.25) is 0 Å². The van der Waals surface area contributed by atoms with Crippen LogP contribution in [-0.4, -0.2) is 12.2 Å². The molecule has 1 rings (SSSR count). The fourth-order valence-corrected chi connectivity index (χ4v) is 1.74. The second-order valence-electron chi connectivity index (χ2n) is 3.33. The van der Waals surface area contributed by atoms with Crippen molar-refractivity contribution in [3.05, 3.63) is 0 Å². The molecule has 1 aliphatic heterocycles. The molecule has 1 aliphatic rings. The first-order valence-electron chi connectivity index (χ1n) is 4.17. The zero-order chi connectivity index (χ0) is 8.85. The summed E-state index contributed by atoms with van der Waals surface area (Å²) in [6, 6.07) is 0. The zero-order valence-electron chi connectivity index (χ0n) is 7.71. The van der Waals surface area contributed by atoms with E-state index in [-0.39, 0.29) is 0 Å². The lowest BCUT2D eigenvalue weighted by Crippen LogP contribution is -2.27. The minimum Gasteiger partial charge on any atom is -0.376 e. The van der Waals surface area contributed by atoms with Crippen molar-refractivity contribution in [3.8, 4) is 12.8 Å². The maximum atomic E-state index is 5.56. The Morgan fingerprint density at radius 1 is 1.00 bits per heavy atom. The van der Waals surface area contributed by atoms with E-state index in [1.807, 2.05) is 0 Å². The van der Waals surface area contributed by atoms with E-state index in [1.54, 1.807) is 0 Å². The van der Waals surface area contributed by atoms with Gasteiger partial charge in [0, 0.05) is 0 Å². The van der Waals surface area contributed by atoms with Crippen molar-refractivity contribution in [1.29, 1.82) is 0 Å². The Bertz CT molecular complexity index is 92.3. The molecule has 0 saturated carbocycles. The lowest BCUT2D eigenvalue weighted by atomic mass is 9.95. The van der Waals surface area contributed by atoms with Crippen molar-refractivity contribution in [2.45, 2.75) is 45.8 Å². The van der Waals surface area contributed by atoms with Crippen LogP contribution in [0.2, 0.25) is 0 Å². The van der Waals surface area contributed by atoms with Crippen molar-refractivity contribution in [3.63, 3.8) is 0 Å². The maximum absolute atomic E-state index is 5.56. The van der Waals surface area contributed by atoms with Crippen molar-refractivity contribution in [1.82, 2.24) is 0 Å². The summed E-state index contributed by atoms with van der Waals surface area (Å²) in [6.45, 7) is 6.62. The summed E-state index contributed by atoms with van der Waals surface area (Å²) in [5, 5.41) is 0. The molecule has 1 heteroatoms. The third kappa shape index (κ3) is 4.06. The molecule has 0 aliphatic carbocycles. The number of hydrogen-bond acceptors (Lipinski definition) is 1. The lowest BCUT2D eigenvalue weighted by Gasteiger charge is -2.29. The molecule has 0 N–H and O–H groups in total. The Morgan fingerprint density at radius 3 is 1.64 bits per heavy atom. The topological polar surface area (TPSA) is 9.23 Å². The standard InChI is InChI=1S/C8H16O.C2H2/c1-6-4-7(2)9-8(3)5-6;1-2/h6-8H,4-5H2,1-3H3;1-2H/t6?,7-,8?;/m0./s1. The molecule has 0 bridgehead atoms. The molecule has 3 atom stereocenters. The van der Waals surface area contributed by atoms with Crippen molar-refractivity contribution >= 4 is 0 Å². The molecule has 2 unspecified atom stereocenters. The minimum absolute atomic E-state index is 0.490. The van der Waals surface area contributed by atoms with Crippen molar-refractivity contribution < 1.29 is 4.74 Å². The number of rotatable bonds is 0. The van der Waals surface area contributed by atoms with Gasteiger partial charge in [-0.1, -0.05) is 6.92 Å². The van der Waals surface area contributed by atoms with Crippen LogP contribution in [0.4, 0.5) is 0 Å². The monoisotopic (exact) mass is 154 g/mol. The first-order valence-corrected chi connectivity index (χ1v) is 4.17. The van der Waals surface area contributed by atoms with Gasteiger partial charge in [-0.2, -0.15) is 0 Å². The molecule has 0 spiro atoms. The summed E-state index contributed by atoms with van der Waals surface area (Å²) in [7, 11) is 0. The summed E-state index contributed by atoms with van der Waals surface area (Å²) in [5.74, 6) is 0.865. The van der Waals surface area contributed by atoms with E-state index in [2.05, 4.69) is 33.6 Å². The highest BCUT2D eigenvalue weighted by atomic mass is 16.5. The maximum Gasteiger partial charge on any atom is 0.0553 e. The van der Waals surface area contributed by atoms with E-state index in [0.29, 0.717) is 12.2 Å². The molecule has 0 amide bonds. The zero-order valence-corrected chi connectivity index (χ0v) is 7.71. The van der Waals surface area contributed by atoms with Gasteiger partial charge >= 0.3 is 0 Å². The highest BCUT2D eigenvalue weighted by molar-refractivity contribution is 4.69. The van der Waals surface area contributed by atoms with Crippen LogP contribution in [0.3, 0.4) is 0 Å². The molecular weight excluding hydrogens is 136 g/mol. The number of hydrogen-bond donors (Lipinski definition) is 0. The van der Waals surface area contributed by atoms with E-state index >= 15 is 0 Å². The smallest absolute Gasteiger partial charge is 0.0553 e. The third-order valence-corrected chi connectivity index (χ3v) is 1.93. The molecule has 0 radical (unpaired) electrons. The largest absolute Gasteiger partial charge is 0.376 e. The lowest BCUT2D eigenvalue weighted by molar-refractivity contribution is -0.0485. The molecule has 1 nitrogen and oxygen atoms in total. The molecule has 1 saturated heterocycles. The first kappa shape index (κ1) is 10.5. The van der Waals surface area contributed by atoms with Gasteiger partial charge in [0.1, 0.15) is 0 Å². The van der Waals surface area contributed by atoms with Gasteiger partial charge in [0.25, 0.3) is 0 Å². The average molecular weight is 154 g/mol. The number of ether oxygens (including phenoxy) is 1. The van der Waals surface area contributed by atoms with Crippen LogP contribution in [0.15, 0.2) is 0 Å². The van der Waals surface area contributed by atoms with Crippen molar-refractivity contribution in [2.24, 2.45) is 5.92 Å². The van der Waals surface area contributed by atoms with E-state index in [4.69, 9.17) is 4.74 Å². The van der Waals surface area contributed by atoms with Gasteiger partial charge in [-0.25, -0.2) is 0 Å².